The van der Waals surface area contributed by atoms with E-state index in [-0.39, 0.29) is 59.9 Å². The molecular weight excluding hydrogens is 962 g/mol. The summed E-state index contributed by atoms with van der Waals surface area (Å²) in [6, 6.07) is 18.5. The SMILES string of the molecule is CCN(c1ccc(OC)cc1CNc1nc(-c2cc(F)c(OCOCC[Si](C)(C)C)cc2CC(F)(F)F)cc2c1c(I)nn2COCC[Si](C)(C)C)S(=O)(=O)c1ccccc1. The van der Waals surface area contributed by atoms with E-state index in [0.717, 1.165) is 24.2 Å². The molecule has 0 unspecified atom stereocenters. The molecule has 19 heteroatoms. The number of sulfonamides is 1. The smallest absolute Gasteiger partial charge is 0.393 e. The zero-order valence-electron chi connectivity index (χ0n) is 35.8. The van der Waals surface area contributed by atoms with E-state index in [0.29, 0.717) is 44.8 Å². The lowest BCUT2D eigenvalue weighted by Crippen LogP contribution is -2.31. The highest BCUT2D eigenvalue weighted by Crippen LogP contribution is 2.38. The Bertz CT molecular complexity index is 2390. The van der Waals surface area contributed by atoms with Gasteiger partial charge in [0.25, 0.3) is 10.0 Å². The first kappa shape index (κ1) is 48.3. The molecule has 0 aliphatic rings. The van der Waals surface area contributed by atoms with Crippen molar-refractivity contribution in [2.45, 2.75) is 89.1 Å². The molecule has 0 radical (unpaired) electrons. The van der Waals surface area contributed by atoms with E-state index in [1.54, 1.807) is 54.1 Å². The van der Waals surface area contributed by atoms with Crippen LogP contribution in [-0.2, 0) is 39.2 Å². The molecule has 0 bridgehead atoms. The Hall–Kier alpha value is -3.77. The topological polar surface area (TPSA) is 117 Å². The number of pyridine rings is 1. The van der Waals surface area contributed by atoms with Crippen LogP contribution in [0.4, 0.5) is 29.1 Å². The third kappa shape index (κ3) is 13.1. The van der Waals surface area contributed by atoms with Crippen molar-refractivity contribution < 1.29 is 44.9 Å². The zero-order chi connectivity index (χ0) is 44.8. The van der Waals surface area contributed by atoms with E-state index in [2.05, 4.69) is 67.2 Å². The van der Waals surface area contributed by atoms with Crippen molar-refractivity contribution in [2.75, 3.05) is 43.3 Å². The Morgan fingerprint density at radius 2 is 1.57 bits per heavy atom. The third-order valence-corrected chi connectivity index (χ3v) is 15.7. The van der Waals surface area contributed by atoms with Crippen molar-refractivity contribution in [3.05, 3.63) is 87.4 Å². The van der Waals surface area contributed by atoms with Gasteiger partial charge in [-0.05, 0) is 101 Å². The van der Waals surface area contributed by atoms with Crippen LogP contribution in [0, 0.1) is 9.52 Å². The largest absolute Gasteiger partial charge is 0.497 e. The van der Waals surface area contributed by atoms with Crippen molar-refractivity contribution in [3.8, 4) is 22.8 Å². The molecule has 0 saturated carbocycles. The lowest BCUT2D eigenvalue weighted by Gasteiger charge is -2.26. The summed E-state index contributed by atoms with van der Waals surface area (Å²) < 4.78 is 112. The highest BCUT2D eigenvalue weighted by molar-refractivity contribution is 14.1. The van der Waals surface area contributed by atoms with Gasteiger partial charge in [-0.2, -0.15) is 18.3 Å². The van der Waals surface area contributed by atoms with Crippen LogP contribution in [0.15, 0.2) is 71.6 Å². The summed E-state index contributed by atoms with van der Waals surface area (Å²) in [6.07, 6.45) is -6.04. The maximum Gasteiger partial charge on any atom is 0.393 e. The molecule has 0 fully saturated rings. The number of anilines is 2. The van der Waals surface area contributed by atoms with Gasteiger partial charge in [0, 0.05) is 48.0 Å². The predicted molar refractivity (Wildman–Crippen MR) is 246 cm³/mol. The average molecular weight is 1020 g/mol. The van der Waals surface area contributed by atoms with Crippen LogP contribution < -0.4 is 19.1 Å². The molecule has 3 aromatic carbocycles. The van der Waals surface area contributed by atoms with Gasteiger partial charge >= 0.3 is 6.18 Å². The first-order valence-corrected chi connectivity index (χ1v) is 29.8. The maximum absolute atomic E-state index is 15.9. The van der Waals surface area contributed by atoms with E-state index in [4.69, 9.17) is 29.0 Å². The lowest BCUT2D eigenvalue weighted by atomic mass is 9.99. The number of hydrogen-bond acceptors (Lipinski definition) is 9. The molecule has 5 aromatic rings. The molecule has 1 N–H and O–H groups in total. The van der Waals surface area contributed by atoms with Crippen LogP contribution >= 0.6 is 22.6 Å². The maximum atomic E-state index is 15.9. The Kier molecular flexibility index (Phi) is 16.0. The minimum absolute atomic E-state index is 0.00111. The number of benzene rings is 3. The normalized spacial score (nSPS) is 12.5. The molecule has 0 atom stereocenters. The van der Waals surface area contributed by atoms with Crippen molar-refractivity contribution in [3.63, 3.8) is 0 Å². The van der Waals surface area contributed by atoms with Gasteiger partial charge in [-0.25, -0.2) is 22.5 Å². The van der Waals surface area contributed by atoms with E-state index in [9.17, 15) is 21.6 Å². The summed E-state index contributed by atoms with van der Waals surface area (Å²) in [5.74, 6) is -0.566. The molecule has 332 valence electrons. The van der Waals surface area contributed by atoms with E-state index >= 15 is 4.39 Å². The summed E-state index contributed by atoms with van der Waals surface area (Å²) in [6.45, 7) is 15.7. The van der Waals surface area contributed by atoms with Gasteiger partial charge in [0.1, 0.15) is 22.0 Å². The van der Waals surface area contributed by atoms with E-state index in [1.807, 2.05) is 0 Å². The van der Waals surface area contributed by atoms with Crippen molar-refractivity contribution >= 4 is 71.2 Å². The van der Waals surface area contributed by atoms with Gasteiger partial charge in [-0.1, -0.05) is 57.5 Å². The van der Waals surface area contributed by atoms with E-state index in [1.165, 1.54) is 23.5 Å². The standard InChI is InChI=1S/C42H54F4IN5O6SSi2/c1-9-52(59(53,54)32-13-11-10-12-14-32)36-16-15-31(55-2)21-30(36)26-48-41-39-37(51(50-40(39)47)27-56-17-19-60(3,4)5)24-35(49-41)33-23-34(43)38(22-29(33)25-42(44,45)46)58-28-57-18-20-61(6,7)8/h10-16,21-24H,9,17-20,25-28H2,1-8H3,(H,48,49). The van der Waals surface area contributed by atoms with Gasteiger partial charge in [0.05, 0.1) is 40.7 Å². The number of rotatable bonds is 21. The Balaban J connectivity index is 1.61. The number of hydrogen-bond donors (Lipinski definition) is 1. The van der Waals surface area contributed by atoms with Gasteiger partial charge in [-0.15, -0.1) is 0 Å². The monoisotopic (exact) mass is 1020 g/mol. The average Bonchev–Trinajstić information content (AvgIpc) is 3.50. The third-order valence-electron chi connectivity index (χ3n) is 9.64. The first-order chi connectivity index (χ1) is 28.6. The number of ether oxygens (including phenoxy) is 4. The number of alkyl halides is 3. The molecular formula is C42H54F4IN5O6SSi2. The predicted octanol–water partition coefficient (Wildman–Crippen LogP) is 10.8. The van der Waals surface area contributed by atoms with Crippen molar-refractivity contribution in [1.82, 2.24) is 14.8 Å². The van der Waals surface area contributed by atoms with Crippen molar-refractivity contribution in [2.24, 2.45) is 0 Å². The second-order valence-corrected chi connectivity index (χ2v) is 31.1. The van der Waals surface area contributed by atoms with Gasteiger partial charge < -0.3 is 24.3 Å². The molecule has 2 heterocycles. The quantitative estimate of drug-likeness (QED) is 0.0252. The fourth-order valence-electron chi connectivity index (χ4n) is 6.33. The lowest BCUT2D eigenvalue weighted by molar-refractivity contribution is -0.127. The Labute approximate surface area is 371 Å². The minimum Gasteiger partial charge on any atom is -0.497 e. The van der Waals surface area contributed by atoms with Gasteiger partial charge in [0.15, 0.2) is 18.4 Å². The number of nitrogens with zero attached hydrogens (tertiary/aromatic N) is 4. The molecule has 0 spiro atoms. The number of nitrogens with one attached hydrogen (secondary N) is 1. The zero-order valence-corrected chi connectivity index (χ0v) is 40.7. The van der Waals surface area contributed by atoms with Crippen LogP contribution in [0.5, 0.6) is 11.5 Å². The molecule has 0 aliphatic heterocycles. The van der Waals surface area contributed by atoms with E-state index < -0.39 is 44.6 Å². The fourth-order valence-corrected chi connectivity index (χ4v) is 10.2. The van der Waals surface area contributed by atoms with Gasteiger partial charge in [-0.3, -0.25) is 4.31 Å². The molecule has 0 amide bonds. The molecule has 0 saturated heterocycles. The van der Waals surface area contributed by atoms with Gasteiger partial charge in [0.2, 0.25) is 0 Å². The summed E-state index contributed by atoms with van der Waals surface area (Å²) in [5.41, 5.74) is 1.07. The van der Waals surface area contributed by atoms with Crippen LogP contribution in [0.2, 0.25) is 51.4 Å². The van der Waals surface area contributed by atoms with Crippen LogP contribution in [0.3, 0.4) is 0 Å². The number of aromatic nitrogens is 3. The fraction of sp³-hybridized carbons (Fsp3) is 0.429. The molecule has 5 rings (SSSR count). The van der Waals surface area contributed by atoms with Crippen LogP contribution in [-0.4, -0.2) is 79.2 Å². The number of fused-ring (bicyclic) bond motifs is 1. The highest BCUT2D eigenvalue weighted by atomic mass is 127. The molecule has 2 aromatic heterocycles. The molecule has 11 nitrogen and oxygen atoms in total. The Morgan fingerprint density at radius 1 is 0.902 bits per heavy atom. The Morgan fingerprint density at radius 3 is 2.20 bits per heavy atom. The van der Waals surface area contributed by atoms with Crippen molar-refractivity contribution in [1.29, 1.82) is 0 Å². The minimum atomic E-state index is -4.65. The summed E-state index contributed by atoms with van der Waals surface area (Å²) in [4.78, 5) is 4.95. The molecule has 61 heavy (non-hydrogen) atoms. The highest BCUT2D eigenvalue weighted by Gasteiger charge is 2.31. The first-order valence-electron chi connectivity index (χ1n) is 19.8. The summed E-state index contributed by atoms with van der Waals surface area (Å²) in [5, 5.41) is 8.59. The summed E-state index contributed by atoms with van der Waals surface area (Å²) >= 11 is 2.06. The van der Waals surface area contributed by atoms with Crippen LogP contribution in [0.1, 0.15) is 18.1 Å². The van der Waals surface area contributed by atoms with Crippen LogP contribution in [0.25, 0.3) is 22.2 Å². The second kappa shape index (κ2) is 20.2. The number of methoxy groups -OCH3 is 1. The number of halogens is 5. The molecule has 0 aliphatic carbocycles. The second-order valence-electron chi connectivity index (χ2n) is 16.9. The summed E-state index contributed by atoms with van der Waals surface area (Å²) in [7, 11) is -5.35.